The van der Waals surface area contributed by atoms with Crippen molar-refractivity contribution >= 4 is 12.6 Å². The maximum Gasteiger partial charge on any atom is 0.225 e. The van der Waals surface area contributed by atoms with E-state index in [0.717, 1.165) is 11.1 Å². The van der Waals surface area contributed by atoms with E-state index in [0.29, 0.717) is 36.9 Å². The lowest BCUT2D eigenvalue weighted by molar-refractivity contribution is 0.109. The lowest BCUT2D eigenvalue weighted by atomic mass is 10.0. The van der Waals surface area contributed by atoms with E-state index in [4.69, 9.17) is 4.74 Å². The number of carbonyl (C=O) groups is 2. The van der Waals surface area contributed by atoms with Gasteiger partial charge in [-0.2, -0.15) is 0 Å². The summed E-state index contributed by atoms with van der Waals surface area (Å²) >= 11 is 0. The van der Waals surface area contributed by atoms with E-state index in [9.17, 15) is 9.59 Å². The third-order valence-electron chi connectivity index (χ3n) is 3.36. The topological polar surface area (TPSA) is 56.3 Å². The van der Waals surface area contributed by atoms with Crippen LogP contribution in [0.1, 0.15) is 44.5 Å². The Morgan fingerprint density at radius 2 is 1.76 bits per heavy atom. The summed E-state index contributed by atoms with van der Waals surface area (Å²) in [4.78, 5) is 26.9. The van der Waals surface area contributed by atoms with Gasteiger partial charge in [-0.25, -0.2) is 4.98 Å². The SMILES string of the molecule is CCc1c(C)nc(OCc2ccccc2)c(C=O)c1C=O. The third-order valence-corrected chi connectivity index (χ3v) is 3.36. The smallest absolute Gasteiger partial charge is 0.225 e. The molecule has 4 heteroatoms. The number of benzene rings is 1. The normalized spacial score (nSPS) is 10.2. The number of rotatable bonds is 6. The van der Waals surface area contributed by atoms with Crippen LogP contribution in [0.15, 0.2) is 30.3 Å². The molecule has 2 rings (SSSR count). The summed E-state index contributed by atoms with van der Waals surface area (Å²) in [5.74, 6) is 0.214. The molecule has 0 bridgehead atoms. The van der Waals surface area contributed by atoms with Gasteiger partial charge in [0, 0.05) is 11.3 Å². The van der Waals surface area contributed by atoms with Gasteiger partial charge in [0.2, 0.25) is 5.88 Å². The van der Waals surface area contributed by atoms with E-state index in [1.165, 1.54) is 0 Å². The molecule has 0 N–H and O–H groups in total. The molecule has 0 saturated carbocycles. The average molecular weight is 283 g/mol. The highest BCUT2D eigenvalue weighted by Gasteiger charge is 2.17. The minimum absolute atomic E-state index is 0.214. The molecule has 0 unspecified atom stereocenters. The lowest BCUT2D eigenvalue weighted by Gasteiger charge is -2.13. The summed E-state index contributed by atoms with van der Waals surface area (Å²) in [6.07, 6.45) is 1.98. The number of aldehydes is 2. The van der Waals surface area contributed by atoms with Gasteiger partial charge < -0.3 is 4.74 Å². The number of aryl methyl sites for hydroxylation is 1. The molecule has 0 fully saturated rings. The molecule has 0 spiro atoms. The van der Waals surface area contributed by atoms with Crippen LogP contribution in [0, 0.1) is 6.92 Å². The van der Waals surface area contributed by atoms with Crippen LogP contribution in [0.2, 0.25) is 0 Å². The molecule has 4 nitrogen and oxygen atoms in total. The van der Waals surface area contributed by atoms with Crippen molar-refractivity contribution in [3.05, 3.63) is 58.3 Å². The van der Waals surface area contributed by atoms with Crippen LogP contribution < -0.4 is 4.74 Å². The quantitative estimate of drug-likeness (QED) is 0.764. The molecule has 0 aliphatic carbocycles. The first kappa shape index (κ1) is 14.9. The number of ether oxygens (including phenoxy) is 1. The summed E-state index contributed by atoms with van der Waals surface area (Å²) < 4.78 is 5.64. The second-order valence-corrected chi connectivity index (χ2v) is 4.67. The van der Waals surface area contributed by atoms with Crippen molar-refractivity contribution in [1.29, 1.82) is 0 Å². The van der Waals surface area contributed by atoms with E-state index >= 15 is 0 Å². The van der Waals surface area contributed by atoms with Crippen LogP contribution in [0.25, 0.3) is 0 Å². The molecular weight excluding hydrogens is 266 g/mol. The van der Waals surface area contributed by atoms with Gasteiger partial charge in [0.1, 0.15) is 6.61 Å². The molecule has 1 heterocycles. The maximum absolute atomic E-state index is 11.3. The predicted octanol–water partition coefficient (Wildman–Crippen LogP) is 3.16. The van der Waals surface area contributed by atoms with Crippen LogP contribution in [0.5, 0.6) is 5.88 Å². The summed E-state index contributed by atoms with van der Waals surface area (Å²) in [6.45, 7) is 4.05. The van der Waals surface area contributed by atoms with Crippen LogP contribution in [0.3, 0.4) is 0 Å². The van der Waals surface area contributed by atoms with Gasteiger partial charge >= 0.3 is 0 Å². The zero-order chi connectivity index (χ0) is 15.2. The molecule has 0 atom stereocenters. The molecule has 1 aromatic heterocycles. The van der Waals surface area contributed by atoms with Crippen molar-refractivity contribution in [2.45, 2.75) is 26.9 Å². The van der Waals surface area contributed by atoms with Gasteiger partial charge in [-0.15, -0.1) is 0 Å². The van der Waals surface area contributed by atoms with Gasteiger partial charge in [-0.3, -0.25) is 9.59 Å². The Bertz CT molecular complexity index is 651. The highest BCUT2D eigenvalue weighted by atomic mass is 16.5. The van der Waals surface area contributed by atoms with E-state index < -0.39 is 0 Å². The summed E-state index contributed by atoms with van der Waals surface area (Å²) in [7, 11) is 0. The van der Waals surface area contributed by atoms with Crippen molar-refractivity contribution in [1.82, 2.24) is 4.98 Å². The number of aromatic nitrogens is 1. The van der Waals surface area contributed by atoms with Crippen molar-refractivity contribution < 1.29 is 14.3 Å². The van der Waals surface area contributed by atoms with E-state index in [2.05, 4.69) is 4.98 Å². The van der Waals surface area contributed by atoms with Crippen LogP contribution >= 0.6 is 0 Å². The molecule has 0 saturated heterocycles. The fraction of sp³-hybridized carbons (Fsp3) is 0.235. The Kier molecular flexibility index (Phi) is 4.82. The van der Waals surface area contributed by atoms with Crippen LogP contribution in [-0.4, -0.2) is 17.6 Å². The average Bonchev–Trinajstić information content (AvgIpc) is 2.53. The van der Waals surface area contributed by atoms with E-state index in [-0.39, 0.29) is 11.4 Å². The van der Waals surface area contributed by atoms with Gasteiger partial charge in [0.25, 0.3) is 0 Å². The second-order valence-electron chi connectivity index (χ2n) is 4.67. The van der Waals surface area contributed by atoms with Crippen LogP contribution in [0.4, 0.5) is 0 Å². The zero-order valence-electron chi connectivity index (χ0n) is 12.1. The minimum atomic E-state index is 0.214. The van der Waals surface area contributed by atoms with E-state index in [1.807, 2.05) is 44.2 Å². The lowest BCUT2D eigenvalue weighted by Crippen LogP contribution is -2.08. The van der Waals surface area contributed by atoms with Gasteiger partial charge in [0.05, 0.1) is 5.56 Å². The summed E-state index contributed by atoms with van der Waals surface area (Å²) in [5.41, 5.74) is 3.08. The number of pyridine rings is 1. The van der Waals surface area contributed by atoms with Gasteiger partial charge in [-0.05, 0) is 24.5 Å². The Morgan fingerprint density at radius 1 is 1.10 bits per heavy atom. The summed E-state index contributed by atoms with van der Waals surface area (Å²) in [6, 6.07) is 9.59. The van der Waals surface area contributed by atoms with E-state index in [1.54, 1.807) is 0 Å². The molecule has 2 aromatic rings. The Balaban J connectivity index is 2.37. The zero-order valence-corrected chi connectivity index (χ0v) is 12.1. The Morgan fingerprint density at radius 3 is 2.33 bits per heavy atom. The highest BCUT2D eigenvalue weighted by molar-refractivity contribution is 5.94. The first-order chi connectivity index (χ1) is 10.2. The number of hydrogen-bond acceptors (Lipinski definition) is 4. The van der Waals surface area contributed by atoms with Crippen molar-refractivity contribution in [2.24, 2.45) is 0 Å². The fourth-order valence-corrected chi connectivity index (χ4v) is 2.28. The fourth-order valence-electron chi connectivity index (χ4n) is 2.28. The van der Waals surface area contributed by atoms with Crippen LogP contribution in [-0.2, 0) is 13.0 Å². The Hall–Kier alpha value is -2.49. The molecule has 0 aliphatic rings. The predicted molar refractivity (Wildman–Crippen MR) is 79.9 cm³/mol. The maximum atomic E-state index is 11.3. The summed E-state index contributed by atoms with van der Waals surface area (Å²) in [5, 5.41) is 0. The molecule has 1 aromatic carbocycles. The number of carbonyl (C=O) groups excluding carboxylic acids is 2. The first-order valence-electron chi connectivity index (χ1n) is 6.81. The third kappa shape index (κ3) is 3.16. The number of nitrogens with zero attached hydrogens (tertiary/aromatic N) is 1. The monoisotopic (exact) mass is 283 g/mol. The first-order valence-corrected chi connectivity index (χ1v) is 6.81. The second kappa shape index (κ2) is 6.79. The molecule has 0 amide bonds. The van der Waals surface area contributed by atoms with Crippen molar-refractivity contribution in [3.8, 4) is 5.88 Å². The largest absolute Gasteiger partial charge is 0.472 e. The van der Waals surface area contributed by atoms with Gasteiger partial charge in [-0.1, -0.05) is 37.3 Å². The van der Waals surface area contributed by atoms with Crippen molar-refractivity contribution in [2.75, 3.05) is 0 Å². The molecule has 21 heavy (non-hydrogen) atoms. The minimum Gasteiger partial charge on any atom is -0.472 e. The standard InChI is InChI=1S/C17H17NO3/c1-3-14-12(2)18-17(16(10-20)15(14)9-19)21-11-13-7-5-4-6-8-13/h4-10H,3,11H2,1-2H3. The molecule has 0 radical (unpaired) electrons. The molecular formula is C17H17NO3. The Labute approximate surface area is 123 Å². The molecule has 0 aliphatic heterocycles. The number of hydrogen-bond donors (Lipinski definition) is 0. The molecule has 108 valence electrons. The van der Waals surface area contributed by atoms with Crippen molar-refractivity contribution in [3.63, 3.8) is 0 Å². The van der Waals surface area contributed by atoms with Gasteiger partial charge in [0.15, 0.2) is 12.6 Å². The highest BCUT2D eigenvalue weighted by Crippen LogP contribution is 2.24.